The highest BCUT2D eigenvalue weighted by Crippen LogP contribution is 2.30. The third kappa shape index (κ3) is 2.16. The van der Waals surface area contributed by atoms with Gasteiger partial charge in [-0.1, -0.05) is 0 Å². The van der Waals surface area contributed by atoms with Crippen LogP contribution in [0.15, 0.2) is 12.1 Å². The number of rotatable bonds is 1. The van der Waals surface area contributed by atoms with E-state index in [9.17, 15) is 0 Å². The Morgan fingerprint density at radius 2 is 2.29 bits per heavy atom. The van der Waals surface area contributed by atoms with Gasteiger partial charge >= 0.3 is 0 Å². The molecule has 1 aliphatic rings. The highest BCUT2D eigenvalue weighted by atomic mass is 32.1. The lowest BCUT2D eigenvalue weighted by molar-refractivity contribution is -0.0944. The van der Waals surface area contributed by atoms with Gasteiger partial charge in [0.05, 0.1) is 5.60 Å². The molecule has 0 amide bonds. The van der Waals surface area contributed by atoms with Gasteiger partial charge in [0.1, 0.15) is 6.10 Å². The van der Waals surface area contributed by atoms with Crippen LogP contribution in [0.5, 0.6) is 0 Å². The molecule has 3 heteroatoms. The molecule has 78 valence electrons. The average Bonchev–Trinajstić information content (AvgIpc) is 2.50. The van der Waals surface area contributed by atoms with Crippen LogP contribution in [-0.4, -0.2) is 18.7 Å². The minimum absolute atomic E-state index is 0.0409. The Balaban J connectivity index is 2.12. The van der Waals surface area contributed by atoms with Gasteiger partial charge < -0.3 is 10.1 Å². The van der Waals surface area contributed by atoms with Gasteiger partial charge in [-0.15, -0.1) is 11.3 Å². The molecule has 0 aliphatic carbocycles. The van der Waals surface area contributed by atoms with Gasteiger partial charge in [0.15, 0.2) is 0 Å². The predicted octanol–water partition coefficient (Wildman–Crippen LogP) is 2.50. The van der Waals surface area contributed by atoms with Gasteiger partial charge in [0.25, 0.3) is 0 Å². The summed E-state index contributed by atoms with van der Waals surface area (Å²) in [7, 11) is 0. The summed E-state index contributed by atoms with van der Waals surface area (Å²) in [5, 5.41) is 3.41. The van der Waals surface area contributed by atoms with Crippen LogP contribution in [0.25, 0.3) is 0 Å². The number of ether oxygens (including phenoxy) is 1. The second-order valence-electron chi connectivity index (χ2n) is 4.45. The Bertz CT molecular complexity index is 319. The van der Waals surface area contributed by atoms with E-state index in [4.69, 9.17) is 4.74 Å². The molecule has 1 aromatic heterocycles. The number of thiophene rings is 1. The van der Waals surface area contributed by atoms with Crippen molar-refractivity contribution in [3.8, 4) is 0 Å². The fourth-order valence-corrected chi connectivity index (χ4v) is 2.66. The monoisotopic (exact) mass is 211 g/mol. The van der Waals surface area contributed by atoms with Gasteiger partial charge in [0, 0.05) is 22.8 Å². The third-order valence-electron chi connectivity index (χ3n) is 2.42. The Morgan fingerprint density at radius 1 is 1.50 bits per heavy atom. The van der Waals surface area contributed by atoms with Crippen molar-refractivity contribution in [2.75, 3.05) is 13.1 Å². The van der Waals surface area contributed by atoms with Crippen molar-refractivity contribution in [2.24, 2.45) is 0 Å². The topological polar surface area (TPSA) is 21.3 Å². The van der Waals surface area contributed by atoms with Gasteiger partial charge in [-0.2, -0.15) is 0 Å². The van der Waals surface area contributed by atoms with Crippen LogP contribution in [0.2, 0.25) is 0 Å². The first-order valence-corrected chi connectivity index (χ1v) is 5.83. The van der Waals surface area contributed by atoms with Crippen LogP contribution in [0, 0.1) is 6.92 Å². The highest BCUT2D eigenvalue weighted by Gasteiger charge is 2.29. The third-order valence-corrected chi connectivity index (χ3v) is 3.51. The first-order chi connectivity index (χ1) is 6.57. The molecule has 1 saturated heterocycles. The number of morpholine rings is 1. The molecule has 1 atom stereocenters. The lowest BCUT2D eigenvalue weighted by atomic mass is 10.1. The number of nitrogens with one attached hydrogen (secondary N) is 1. The number of hydrogen-bond acceptors (Lipinski definition) is 3. The Morgan fingerprint density at radius 3 is 2.86 bits per heavy atom. The fraction of sp³-hybridized carbons (Fsp3) is 0.636. The molecule has 14 heavy (non-hydrogen) atoms. The smallest absolute Gasteiger partial charge is 0.105 e. The zero-order valence-corrected chi connectivity index (χ0v) is 9.78. The van der Waals surface area contributed by atoms with E-state index < -0.39 is 0 Å². The van der Waals surface area contributed by atoms with E-state index in [0.717, 1.165) is 13.1 Å². The van der Waals surface area contributed by atoms with Crippen molar-refractivity contribution < 1.29 is 4.74 Å². The SMILES string of the molecule is Cc1ccc(C2CNCC(C)(C)O2)s1. The first-order valence-electron chi connectivity index (χ1n) is 5.02. The summed E-state index contributed by atoms with van der Waals surface area (Å²) >= 11 is 1.83. The molecule has 0 radical (unpaired) electrons. The van der Waals surface area contributed by atoms with E-state index in [0.29, 0.717) is 0 Å². The highest BCUT2D eigenvalue weighted by molar-refractivity contribution is 7.12. The quantitative estimate of drug-likeness (QED) is 0.770. The Hall–Kier alpha value is -0.380. The van der Waals surface area contributed by atoms with Crippen molar-refractivity contribution in [2.45, 2.75) is 32.5 Å². The van der Waals surface area contributed by atoms with E-state index in [2.05, 4.69) is 38.2 Å². The van der Waals surface area contributed by atoms with E-state index in [1.165, 1.54) is 9.75 Å². The summed E-state index contributed by atoms with van der Waals surface area (Å²) in [5.41, 5.74) is -0.0409. The summed E-state index contributed by atoms with van der Waals surface area (Å²) in [6.07, 6.45) is 0.234. The maximum absolute atomic E-state index is 6.02. The van der Waals surface area contributed by atoms with E-state index in [-0.39, 0.29) is 11.7 Å². The van der Waals surface area contributed by atoms with Crippen molar-refractivity contribution in [1.29, 1.82) is 0 Å². The molecule has 0 bridgehead atoms. The van der Waals surface area contributed by atoms with E-state index >= 15 is 0 Å². The van der Waals surface area contributed by atoms with Crippen LogP contribution in [-0.2, 0) is 4.74 Å². The molecule has 0 spiro atoms. The molecule has 1 N–H and O–H groups in total. The van der Waals surface area contributed by atoms with Gasteiger partial charge in [-0.25, -0.2) is 0 Å². The summed E-state index contributed by atoms with van der Waals surface area (Å²) in [5.74, 6) is 0. The second kappa shape index (κ2) is 3.65. The summed E-state index contributed by atoms with van der Waals surface area (Å²) in [4.78, 5) is 2.69. The number of hydrogen-bond donors (Lipinski definition) is 1. The number of aryl methyl sites for hydroxylation is 1. The Labute approximate surface area is 89.3 Å². The largest absolute Gasteiger partial charge is 0.364 e. The fourth-order valence-electron chi connectivity index (χ4n) is 1.76. The molecule has 2 nitrogen and oxygen atoms in total. The van der Waals surface area contributed by atoms with E-state index in [1.54, 1.807) is 0 Å². The zero-order chi connectivity index (χ0) is 10.2. The van der Waals surface area contributed by atoms with Crippen LogP contribution < -0.4 is 5.32 Å². The summed E-state index contributed by atoms with van der Waals surface area (Å²) < 4.78 is 6.02. The van der Waals surface area contributed by atoms with Crippen LogP contribution >= 0.6 is 11.3 Å². The molecular formula is C11H17NOS. The molecule has 2 heterocycles. The lowest BCUT2D eigenvalue weighted by Crippen LogP contribution is -2.46. The molecule has 1 unspecified atom stereocenters. The molecule has 0 saturated carbocycles. The normalized spacial score (nSPS) is 26.4. The van der Waals surface area contributed by atoms with Gasteiger partial charge in [-0.05, 0) is 32.9 Å². The minimum Gasteiger partial charge on any atom is -0.364 e. The minimum atomic E-state index is -0.0409. The maximum atomic E-state index is 6.02. The summed E-state index contributed by atoms with van der Waals surface area (Å²) in [6, 6.07) is 4.33. The second-order valence-corrected chi connectivity index (χ2v) is 5.76. The molecule has 1 fully saturated rings. The molecule has 2 rings (SSSR count). The molecule has 1 aliphatic heterocycles. The van der Waals surface area contributed by atoms with Crippen LogP contribution in [0.1, 0.15) is 29.7 Å². The predicted molar refractivity (Wildman–Crippen MR) is 59.8 cm³/mol. The average molecular weight is 211 g/mol. The zero-order valence-electron chi connectivity index (χ0n) is 8.96. The van der Waals surface area contributed by atoms with Crippen molar-refractivity contribution in [3.05, 3.63) is 21.9 Å². The standard InChI is InChI=1S/C11H17NOS/c1-8-4-5-10(14-8)9-6-12-7-11(2,3)13-9/h4-5,9,12H,6-7H2,1-3H3. The summed E-state index contributed by atoms with van der Waals surface area (Å²) in [6.45, 7) is 8.27. The van der Waals surface area contributed by atoms with Crippen molar-refractivity contribution >= 4 is 11.3 Å². The van der Waals surface area contributed by atoms with Crippen molar-refractivity contribution in [1.82, 2.24) is 5.32 Å². The van der Waals surface area contributed by atoms with Crippen molar-refractivity contribution in [3.63, 3.8) is 0 Å². The van der Waals surface area contributed by atoms with Crippen LogP contribution in [0.4, 0.5) is 0 Å². The van der Waals surface area contributed by atoms with Gasteiger partial charge in [0.2, 0.25) is 0 Å². The van der Waals surface area contributed by atoms with Crippen LogP contribution in [0.3, 0.4) is 0 Å². The lowest BCUT2D eigenvalue weighted by Gasteiger charge is -2.36. The molecule has 1 aromatic rings. The first kappa shape index (κ1) is 10.1. The van der Waals surface area contributed by atoms with E-state index in [1.807, 2.05) is 11.3 Å². The van der Waals surface area contributed by atoms with Gasteiger partial charge in [-0.3, -0.25) is 0 Å². The Kier molecular flexibility index (Phi) is 2.64. The molecule has 0 aromatic carbocycles. The maximum Gasteiger partial charge on any atom is 0.105 e. The molecular weight excluding hydrogens is 194 g/mol.